The van der Waals surface area contributed by atoms with Crippen molar-refractivity contribution in [3.8, 4) is 0 Å². The van der Waals surface area contributed by atoms with Crippen LogP contribution in [0.15, 0.2) is 0 Å². The van der Waals surface area contributed by atoms with Gasteiger partial charge < -0.3 is 10.0 Å². The van der Waals surface area contributed by atoms with Crippen LogP contribution in [-0.2, 0) is 14.6 Å². The zero-order chi connectivity index (χ0) is 13.1. The monoisotopic (exact) mass is 263 g/mol. The van der Waals surface area contributed by atoms with E-state index in [2.05, 4.69) is 0 Å². The highest BCUT2D eigenvalue weighted by Crippen LogP contribution is 2.49. The molecule has 0 heterocycles. The molecule has 0 saturated heterocycles. The molecule has 1 N–H and O–H groups in total. The summed E-state index contributed by atoms with van der Waals surface area (Å²) in [5, 5.41) is 8.73. The number of aliphatic carboxylic acids is 1. The van der Waals surface area contributed by atoms with Crippen molar-refractivity contribution in [2.24, 2.45) is 5.41 Å². The lowest BCUT2D eigenvalue weighted by Crippen LogP contribution is -2.24. The summed E-state index contributed by atoms with van der Waals surface area (Å²) in [6.07, 6.45) is 2.05. The first-order valence-electron chi connectivity index (χ1n) is 5.82. The molecule has 1 aliphatic carbocycles. The maximum atomic E-state index is 11.8. The summed E-state index contributed by atoms with van der Waals surface area (Å²) in [4.78, 5) is 12.6. The standard InChI is InChI=1S/C11H21NO4S/c1-12(2)6-3-7-17(15,16)9-11(4-5-11)8-10(13)14/h3-9H2,1-2H3,(H,13,14). The minimum absolute atomic E-state index is 0.0140. The van der Waals surface area contributed by atoms with Crippen LogP contribution in [0.25, 0.3) is 0 Å². The Hall–Kier alpha value is -0.620. The average Bonchev–Trinajstić information content (AvgIpc) is 2.80. The van der Waals surface area contributed by atoms with E-state index in [1.807, 2.05) is 19.0 Å². The minimum atomic E-state index is -3.11. The summed E-state index contributed by atoms with van der Waals surface area (Å²) in [7, 11) is 0.696. The van der Waals surface area contributed by atoms with Crippen molar-refractivity contribution in [2.45, 2.75) is 25.7 Å². The molecule has 0 radical (unpaired) electrons. The van der Waals surface area contributed by atoms with E-state index in [-0.39, 0.29) is 17.9 Å². The maximum absolute atomic E-state index is 11.8. The Kier molecular flexibility index (Phi) is 4.55. The second-order valence-corrected chi connectivity index (χ2v) is 7.50. The van der Waals surface area contributed by atoms with Crippen molar-refractivity contribution in [2.75, 3.05) is 32.1 Å². The first-order chi connectivity index (χ1) is 7.75. The van der Waals surface area contributed by atoms with E-state index in [0.29, 0.717) is 6.42 Å². The van der Waals surface area contributed by atoms with Gasteiger partial charge in [0.2, 0.25) is 0 Å². The van der Waals surface area contributed by atoms with Gasteiger partial charge >= 0.3 is 5.97 Å². The van der Waals surface area contributed by atoms with Crippen molar-refractivity contribution < 1.29 is 18.3 Å². The number of carbonyl (C=O) groups is 1. The lowest BCUT2D eigenvalue weighted by Gasteiger charge is -2.14. The number of carboxylic acid groups (broad SMARTS) is 1. The average molecular weight is 263 g/mol. The molecule has 0 aromatic rings. The zero-order valence-electron chi connectivity index (χ0n) is 10.5. The normalized spacial score (nSPS) is 18.3. The molecule has 1 aliphatic rings. The van der Waals surface area contributed by atoms with Gasteiger partial charge in [-0.25, -0.2) is 8.42 Å². The fourth-order valence-electron chi connectivity index (χ4n) is 2.01. The van der Waals surface area contributed by atoms with Gasteiger partial charge in [0.1, 0.15) is 0 Å². The molecule has 1 saturated carbocycles. The highest BCUT2D eigenvalue weighted by molar-refractivity contribution is 7.91. The Bertz CT molecular complexity index is 371. The fraction of sp³-hybridized carbons (Fsp3) is 0.909. The van der Waals surface area contributed by atoms with E-state index in [4.69, 9.17) is 5.11 Å². The van der Waals surface area contributed by atoms with E-state index in [1.54, 1.807) is 0 Å². The Morgan fingerprint density at radius 2 is 1.94 bits per heavy atom. The molecule has 1 rings (SSSR count). The predicted octanol–water partition coefficient (Wildman–Crippen LogP) is 0.608. The van der Waals surface area contributed by atoms with E-state index in [1.165, 1.54) is 0 Å². The summed E-state index contributed by atoms with van der Waals surface area (Å²) in [6, 6.07) is 0. The number of sulfone groups is 1. The molecule has 17 heavy (non-hydrogen) atoms. The van der Waals surface area contributed by atoms with Crippen LogP contribution in [0.5, 0.6) is 0 Å². The van der Waals surface area contributed by atoms with Gasteiger partial charge in [0.25, 0.3) is 0 Å². The van der Waals surface area contributed by atoms with E-state index in [9.17, 15) is 13.2 Å². The smallest absolute Gasteiger partial charge is 0.303 e. The largest absolute Gasteiger partial charge is 0.481 e. The molecule has 1 fully saturated rings. The van der Waals surface area contributed by atoms with Gasteiger partial charge in [-0.3, -0.25) is 4.79 Å². The topological polar surface area (TPSA) is 74.7 Å². The molecule has 6 heteroatoms. The number of rotatable bonds is 8. The highest BCUT2D eigenvalue weighted by Gasteiger charge is 2.47. The van der Waals surface area contributed by atoms with Crippen molar-refractivity contribution in [1.82, 2.24) is 4.90 Å². The first kappa shape index (κ1) is 14.4. The van der Waals surface area contributed by atoms with Crippen LogP contribution in [0, 0.1) is 5.41 Å². The van der Waals surface area contributed by atoms with Crippen molar-refractivity contribution in [1.29, 1.82) is 0 Å². The quantitative estimate of drug-likeness (QED) is 0.694. The van der Waals surface area contributed by atoms with Crippen LogP contribution in [0.2, 0.25) is 0 Å². The number of carboxylic acids is 1. The third kappa shape index (κ3) is 5.50. The minimum Gasteiger partial charge on any atom is -0.481 e. The van der Waals surface area contributed by atoms with Gasteiger partial charge in [-0.05, 0) is 45.3 Å². The lowest BCUT2D eigenvalue weighted by molar-refractivity contribution is -0.138. The second kappa shape index (κ2) is 5.35. The third-order valence-corrected chi connectivity index (χ3v) is 5.03. The molecular formula is C11H21NO4S. The lowest BCUT2D eigenvalue weighted by atomic mass is 10.1. The first-order valence-corrected chi connectivity index (χ1v) is 7.64. The Balaban J connectivity index is 2.41. The van der Waals surface area contributed by atoms with E-state index >= 15 is 0 Å². The summed E-state index contributed by atoms with van der Waals surface area (Å²) in [6.45, 7) is 0.741. The molecule has 0 aromatic carbocycles. The molecule has 100 valence electrons. The summed E-state index contributed by atoms with van der Waals surface area (Å²) >= 11 is 0. The van der Waals surface area contributed by atoms with Crippen LogP contribution in [0.4, 0.5) is 0 Å². The summed E-state index contributed by atoms with van der Waals surface area (Å²) < 4.78 is 23.7. The molecule has 0 spiro atoms. The zero-order valence-corrected chi connectivity index (χ0v) is 11.3. The molecule has 5 nitrogen and oxygen atoms in total. The van der Waals surface area contributed by atoms with E-state index in [0.717, 1.165) is 19.4 Å². The van der Waals surface area contributed by atoms with Crippen LogP contribution >= 0.6 is 0 Å². The van der Waals surface area contributed by atoms with Gasteiger partial charge in [-0.15, -0.1) is 0 Å². The van der Waals surface area contributed by atoms with E-state index < -0.39 is 21.2 Å². The van der Waals surface area contributed by atoms with Gasteiger partial charge in [-0.2, -0.15) is 0 Å². The molecule has 0 bridgehead atoms. The van der Waals surface area contributed by atoms with Crippen LogP contribution < -0.4 is 0 Å². The number of hydrogen-bond acceptors (Lipinski definition) is 4. The SMILES string of the molecule is CN(C)CCCS(=O)(=O)CC1(CC(=O)O)CC1. The van der Waals surface area contributed by atoms with Gasteiger partial charge in [0.15, 0.2) is 9.84 Å². The fourth-order valence-corrected chi connectivity index (χ4v) is 4.05. The number of nitrogens with zero attached hydrogens (tertiary/aromatic N) is 1. The Labute approximate surface area is 103 Å². The summed E-state index contributed by atoms with van der Waals surface area (Å²) in [5.74, 6) is -0.697. The molecule has 0 unspecified atom stereocenters. The maximum Gasteiger partial charge on any atom is 0.303 e. The van der Waals surface area contributed by atoms with Gasteiger partial charge in [0.05, 0.1) is 17.9 Å². The van der Waals surface area contributed by atoms with Crippen molar-refractivity contribution >= 4 is 15.8 Å². The Morgan fingerprint density at radius 1 is 1.35 bits per heavy atom. The highest BCUT2D eigenvalue weighted by atomic mass is 32.2. The van der Waals surface area contributed by atoms with Gasteiger partial charge in [0, 0.05) is 0 Å². The van der Waals surface area contributed by atoms with Crippen molar-refractivity contribution in [3.05, 3.63) is 0 Å². The second-order valence-electron chi connectivity index (χ2n) is 5.32. The van der Waals surface area contributed by atoms with Crippen LogP contribution in [0.3, 0.4) is 0 Å². The molecular weight excluding hydrogens is 242 g/mol. The number of hydrogen-bond donors (Lipinski definition) is 1. The molecule has 0 atom stereocenters. The Morgan fingerprint density at radius 3 is 2.35 bits per heavy atom. The third-order valence-electron chi connectivity index (χ3n) is 3.07. The molecule has 0 aromatic heterocycles. The molecule has 0 amide bonds. The summed E-state index contributed by atoms with van der Waals surface area (Å²) in [5.41, 5.74) is -0.456. The molecule has 0 aliphatic heterocycles. The van der Waals surface area contributed by atoms with Crippen molar-refractivity contribution in [3.63, 3.8) is 0 Å². The van der Waals surface area contributed by atoms with Gasteiger partial charge in [-0.1, -0.05) is 0 Å². The van der Waals surface area contributed by atoms with Crippen LogP contribution in [0.1, 0.15) is 25.7 Å². The predicted molar refractivity (Wildman–Crippen MR) is 65.7 cm³/mol. The van der Waals surface area contributed by atoms with Crippen LogP contribution in [-0.4, -0.2) is 56.5 Å².